The molecule has 2 saturated heterocycles. The first kappa shape index (κ1) is 19.5. The van der Waals surface area contributed by atoms with Gasteiger partial charge in [-0.05, 0) is 57.1 Å². The van der Waals surface area contributed by atoms with Crippen molar-refractivity contribution in [2.45, 2.75) is 39.2 Å². The van der Waals surface area contributed by atoms with Crippen LogP contribution in [0.4, 0.5) is 5.69 Å². The van der Waals surface area contributed by atoms with Crippen molar-refractivity contribution < 1.29 is 4.79 Å². The van der Waals surface area contributed by atoms with Crippen molar-refractivity contribution in [2.24, 2.45) is 0 Å². The van der Waals surface area contributed by atoms with Crippen LogP contribution < -0.4 is 4.90 Å². The third kappa shape index (κ3) is 4.76. The van der Waals surface area contributed by atoms with Crippen LogP contribution in [0, 0.1) is 6.92 Å². The summed E-state index contributed by atoms with van der Waals surface area (Å²) in [5.41, 5.74) is 2.54. The van der Waals surface area contributed by atoms with Gasteiger partial charge in [0.25, 0.3) is 5.91 Å². The lowest BCUT2D eigenvalue weighted by Crippen LogP contribution is -2.48. The largest absolute Gasteiger partial charge is 0.368 e. The highest BCUT2D eigenvalue weighted by Crippen LogP contribution is 2.23. The number of aryl methyl sites for hydroxylation is 1. The molecule has 2 fully saturated rings. The molecular formula is C23H31N3OS. The van der Waals surface area contributed by atoms with Crippen molar-refractivity contribution in [2.75, 3.05) is 44.2 Å². The molecule has 150 valence electrons. The number of benzene rings is 1. The number of carbonyl (C=O) groups excluding carboxylic acids is 1. The standard InChI is InChI=1S/C23H31N3OS/c1-19-6-8-20(9-7-19)25-14-16-26(17-15-25)23(27)22-11-10-21(28-22)18-24-12-4-2-3-5-13-24/h6-11H,2-5,12-18H2,1H3. The van der Waals surface area contributed by atoms with Crippen LogP contribution in [-0.4, -0.2) is 55.0 Å². The van der Waals surface area contributed by atoms with Crippen LogP contribution in [0.3, 0.4) is 0 Å². The zero-order valence-electron chi connectivity index (χ0n) is 16.9. The minimum atomic E-state index is 0.204. The lowest BCUT2D eigenvalue weighted by atomic mass is 10.2. The summed E-state index contributed by atoms with van der Waals surface area (Å²) >= 11 is 1.69. The summed E-state index contributed by atoms with van der Waals surface area (Å²) < 4.78 is 0. The van der Waals surface area contributed by atoms with Gasteiger partial charge >= 0.3 is 0 Å². The third-order valence-electron chi connectivity index (χ3n) is 5.92. The van der Waals surface area contributed by atoms with Crippen LogP contribution in [-0.2, 0) is 6.54 Å². The maximum Gasteiger partial charge on any atom is 0.264 e. The predicted octanol–water partition coefficient (Wildman–Crippen LogP) is 4.39. The van der Waals surface area contributed by atoms with Gasteiger partial charge in [0.15, 0.2) is 0 Å². The molecule has 0 unspecified atom stereocenters. The molecule has 4 nitrogen and oxygen atoms in total. The Morgan fingerprint density at radius 3 is 2.21 bits per heavy atom. The fraction of sp³-hybridized carbons (Fsp3) is 0.522. The lowest BCUT2D eigenvalue weighted by Gasteiger charge is -2.36. The first-order valence-corrected chi connectivity index (χ1v) is 11.4. The number of thiophene rings is 1. The zero-order valence-corrected chi connectivity index (χ0v) is 17.7. The van der Waals surface area contributed by atoms with Crippen LogP contribution in [0.5, 0.6) is 0 Å². The molecule has 2 aromatic rings. The van der Waals surface area contributed by atoms with Gasteiger partial charge in [0.05, 0.1) is 4.88 Å². The second-order valence-corrected chi connectivity index (χ2v) is 9.24. The van der Waals surface area contributed by atoms with Crippen LogP contribution in [0.15, 0.2) is 36.4 Å². The molecule has 2 aliphatic heterocycles. The maximum atomic E-state index is 13.0. The maximum absolute atomic E-state index is 13.0. The van der Waals surface area contributed by atoms with E-state index in [-0.39, 0.29) is 5.91 Å². The number of amides is 1. The van der Waals surface area contributed by atoms with Gasteiger partial charge < -0.3 is 9.80 Å². The summed E-state index contributed by atoms with van der Waals surface area (Å²) in [5, 5.41) is 0. The van der Waals surface area contributed by atoms with Crippen molar-refractivity contribution in [3.63, 3.8) is 0 Å². The third-order valence-corrected chi connectivity index (χ3v) is 6.97. The Labute approximate surface area is 172 Å². The monoisotopic (exact) mass is 397 g/mol. The van der Waals surface area contributed by atoms with Gasteiger partial charge in [0.1, 0.15) is 0 Å². The Morgan fingerprint density at radius 2 is 1.54 bits per heavy atom. The number of anilines is 1. The number of rotatable bonds is 4. The van der Waals surface area contributed by atoms with E-state index in [1.165, 1.54) is 54.9 Å². The second-order valence-electron chi connectivity index (χ2n) is 8.07. The van der Waals surface area contributed by atoms with Crippen LogP contribution >= 0.6 is 11.3 Å². The van der Waals surface area contributed by atoms with Gasteiger partial charge in [-0.3, -0.25) is 9.69 Å². The van der Waals surface area contributed by atoms with Crippen LogP contribution in [0.25, 0.3) is 0 Å². The van der Waals surface area contributed by atoms with Crippen LogP contribution in [0.1, 0.15) is 45.8 Å². The summed E-state index contributed by atoms with van der Waals surface area (Å²) in [6.45, 7) is 8.91. The van der Waals surface area contributed by atoms with Crippen molar-refractivity contribution in [1.82, 2.24) is 9.80 Å². The molecule has 0 bridgehead atoms. The summed E-state index contributed by atoms with van der Waals surface area (Å²) in [4.78, 5) is 22.1. The Balaban J connectivity index is 1.31. The first-order chi connectivity index (χ1) is 13.7. The van der Waals surface area contributed by atoms with E-state index in [0.717, 1.165) is 37.6 Å². The van der Waals surface area contributed by atoms with Crippen molar-refractivity contribution in [1.29, 1.82) is 0 Å². The molecule has 1 aromatic heterocycles. The zero-order chi connectivity index (χ0) is 19.3. The molecule has 1 amide bonds. The Morgan fingerprint density at radius 1 is 0.857 bits per heavy atom. The van der Waals surface area contributed by atoms with E-state index in [2.05, 4.69) is 47.1 Å². The number of piperazine rings is 1. The number of likely N-dealkylation sites (tertiary alicyclic amines) is 1. The van der Waals surface area contributed by atoms with E-state index in [0.29, 0.717) is 0 Å². The van der Waals surface area contributed by atoms with Crippen molar-refractivity contribution >= 4 is 22.9 Å². The average molecular weight is 398 g/mol. The molecule has 0 radical (unpaired) electrons. The van der Waals surface area contributed by atoms with E-state index in [9.17, 15) is 4.79 Å². The van der Waals surface area contributed by atoms with Gasteiger partial charge in [-0.2, -0.15) is 0 Å². The molecular weight excluding hydrogens is 366 g/mol. The smallest absolute Gasteiger partial charge is 0.264 e. The van der Waals surface area contributed by atoms with E-state index in [1.807, 2.05) is 11.0 Å². The normalized spacial score (nSPS) is 18.9. The molecule has 1 aromatic carbocycles. The Bertz CT molecular complexity index is 769. The quantitative estimate of drug-likeness (QED) is 0.765. The molecule has 4 rings (SSSR count). The SMILES string of the molecule is Cc1ccc(N2CCN(C(=O)c3ccc(CN4CCCCCC4)s3)CC2)cc1. The summed E-state index contributed by atoms with van der Waals surface area (Å²) in [7, 11) is 0. The van der Waals surface area contributed by atoms with Gasteiger partial charge in [-0.1, -0.05) is 30.5 Å². The van der Waals surface area contributed by atoms with E-state index in [4.69, 9.17) is 0 Å². The number of hydrogen-bond acceptors (Lipinski definition) is 4. The fourth-order valence-electron chi connectivity index (χ4n) is 4.17. The molecule has 2 aliphatic rings. The highest BCUT2D eigenvalue weighted by molar-refractivity contribution is 7.14. The summed E-state index contributed by atoms with van der Waals surface area (Å²) in [6, 6.07) is 12.9. The minimum absolute atomic E-state index is 0.204. The summed E-state index contributed by atoms with van der Waals surface area (Å²) in [6.07, 6.45) is 5.34. The van der Waals surface area contributed by atoms with Crippen molar-refractivity contribution in [3.05, 3.63) is 51.7 Å². The second kappa shape index (κ2) is 9.10. The fourth-order valence-corrected chi connectivity index (χ4v) is 5.19. The minimum Gasteiger partial charge on any atom is -0.368 e. The van der Waals surface area contributed by atoms with E-state index >= 15 is 0 Å². The molecule has 5 heteroatoms. The van der Waals surface area contributed by atoms with Gasteiger partial charge in [0.2, 0.25) is 0 Å². The molecule has 0 N–H and O–H groups in total. The van der Waals surface area contributed by atoms with Gasteiger partial charge in [-0.25, -0.2) is 0 Å². The van der Waals surface area contributed by atoms with E-state index < -0.39 is 0 Å². The van der Waals surface area contributed by atoms with E-state index in [1.54, 1.807) is 11.3 Å². The molecule has 0 spiro atoms. The Kier molecular flexibility index (Phi) is 6.33. The number of hydrogen-bond donors (Lipinski definition) is 0. The highest BCUT2D eigenvalue weighted by Gasteiger charge is 2.23. The topological polar surface area (TPSA) is 26.8 Å². The molecule has 0 aliphatic carbocycles. The Hall–Kier alpha value is -1.85. The molecule has 0 saturated carbocycles. The lowest BCUT2D eigenvalue weighted by molar-refractivity contribution is 0.0751. The molecule has 28 heavy (non-hydrogen) atoms. The predicted molar refractivity (Wildman–Crippen MR) is 117 cm³/mol. The highest BCUT2D eigenvalue weighted by atomic mass is 32.1. The summed E-state index contributed by atoms with van der Waals surface area (Å²) in [5.74, 6) is 0.204. The van der Waals surface area contributed by atoms with Gasteiger partial charge in [0, 0.05) is 43.3 Å². The average Bonchev–Trinajstić information content (AvgIpc) is 3.03. The number of nitrogens with zero attached hydrogens (tertiary/aromatic N) is 3. The number of carbonyl (C=O) groups is 1. The molecule has 0 atom stereocenters. The first-order valence-electron chi connectivity index (χ1n) is 10.6. The van der Waals surface area contributed by atoms with Gasteiger partial charge in [-0.15, -0.1) is 11.3 Å². The van der Waals surface area contributed by atoms with Crippen LogP contribution in [0.2, 0.25) is 0 Å². The molecule has 3 heterocycles. The van der Waals surface area contributed by atoms with Crippen molar-refractivity contribution in [3.8, 4) is 0 Å².